The first-order chi connectivity index (χ1) is 20.0. The summed E-state index contributed by atoms with van der Waals surface area (Å²) in [6, 6.07) is 24.6. The molecule has 0 spiro atoms. The molecule has 242 valence electrons. The van der Waals surface area contributed by atoms with E-state index in [-0.39, 0.29) is 23.5 Å². The van der Waals surface area contributed by atoms with Gasteiger partial charge in [0.1, 0.15) is 0 Å². The fourth-order valence-corrected chi connectivity index (χ4v) is 15.5. The zero-order valence-electron chi connectivity index (χ0n) is 29.1. The Bertz CT molecular complexity index is 1070. The maximum atomic E-state index is 13.2. The van der Waals surface area contributed by atoms with Gasteiger partial charge in [-0.2, -0.15) is 0 Å². The fourth-order valence-electron chi connectivity index (χ4n) is 6.37. The number of benzene rings is 2. The molecule has 0 heterocycles. The summed E-state index contributed by atoms with van der Waals surface area (Å²) in [6.07, 6.45) is 0.544. The van der Waals surface area contributed by atoms with E-state index in [1.165, 1.54) is 22.5 Å². The molecule has 43 heavy (non-hydrogen) atoms. The molecule has 6 nitrogen and oxygen atoms in total. The van der Waals surface area contributed by atoms with E-state index in [0.717, 1.165) is 18.1 Å². The average molecular weight is 646 g/mol. The van der Waals surface area contributed by atoms with Crippen molar-refractivity contribution in [2.24, 2.45) is 0 Å². The summed E-state index contributed by atoms with van der Waals surface area (Å²) in [4.78, 5) is 18.5. The van der Waals surface area contributed by atoms with Gasteiger partial charge in [-0.3, -0.25) is 9.63 Å². The number of rotatable bonds is 17. The number of carbonyl (C=O) groups is 1. The Labute approximate surface area is 265 Å². The minimum absolute atomic E-state index is 0.111. The number of carbonyl (C=O) groups excluding carboxylic acids is 1. The van der Waals surface area contributed by atoms with Crippen molar-refractivity contribution >= 4 is 41.2 Å². The third kappa shape index (κ3) is 9.94. The SMILES string of the molecule is CC[Si](CC)(CC)O[C@H](CO[Si](c1ccccc1)(c1ccccc1)C(C)(C)C)C[C@](C)(CC(=O)N(C)OC)O[Si](C)(C)C. The Morgan fingerprint density at radius 1 is 0.837 bits per heavy atom. The second-order valence-electron chi connectivity index (χ2n) is 14.1. The summed E-state index contributed by atoms with van der Waals surface area (Å²) in [7, 11) is -3.69. The van der Waals surface area contributed by atoms with E-state index < -0.39 is 30.6 Å². The first-order valence-electron chi connectivity index (χ1n) is 15.9. The van der Waals surface area contributed by atoms with E-state index in [1.54, 1.807) is 7.05 Å². The molecule has 0 aliphatic carbocycles. The predicted molar refractivity (Wildman–Crippen MR) is 187 cm³/mol. The van der Waals surface area contributed by atoms with E-state index in [2.05, 4.69) is 129 Å². The van der Waals surface area contributed by atoms with Crippen molar-refractivity contribution in [2.75, 3.05) is 20.8 Å². The quantitative estimate of drug-likeness (QED) is 0.133. The normalized spacial score (nSPS) is 15.2. The molecule has 2 atom stereocenters. The molecule has 0 saturated carbocycles. The van der Waals surface area contributed by atoms with Crippen molar-refractivity contribution in [3.63, 3.8) is 0 Å². The lowest BCUT2D eigenvalue weighted by atomic mass is 9.94. The first kappa shape index (κ1) is 37.6. The van der Waals surface area contributed by atoms with E-state index in [4.69, 9.17) is 18.1 Å². The Balaban J connectivity index is 2.66. The Kier molecular flexibility index (Phi) is 13.6. The van der Waals surface area contributed by atoms with Crippen LogP contribution in [-0.4, -0.2) is 68.4 Å². The molecule has 2 aromatic rings. The van der Waals surface area contributed by atoms with E-state index in [9.17, 15) is 4.79 Å². The monoisotopic (exact) mass is 645 g/mol. The number of hydrogen-bond acceptors (Lipinski definition) is 5. The van der Waals surface area contributed by atoms with E-state index >= 15 is 0 Å². The van der Waals surface area contributed by atoms with Crippen LogP contribution in [0.1, 0.15) is 61.3 Å². The molecular formula is C34H59NO5Si3. The van der Waals surface area contributed by atoms with Crippen LogP contribution in [0.3, 0.4) is 0 Å². The van der Waals surface area contributed by atoms with Gasteiger partial charge in [0.25, 0.3) is 8.32 Å². The van der Waals surface area contributed by atoms with Crippen LogP contribution >= 0.6 is 0 Å². The zero-order valence-corrected chi connectivity index (χ0v) is 32.1. The van der Waals surface area contributed by atoms with Gasteiger partial charge in [0.15, 0.2) is 16.6 Å². The minimum Gasteiger partial charge on any atom is -0.412 e. The number of hydrogen-bond donors (Lipinski definition) is 0. The van der Waals surface area contributed by atoms with Crippen LogP contribution in [0, 0.1) is 0 Å². The van der Waals surface area contributed by atoms with Gasteiger partial charge < -0.3 is 13.3 Å². The fraction of sp³-hybridized carbons (Fsp3) is 0.618. The van der Waals surface area contributed by atoms with E-state index in [1.807, 2.05) is 0 Å². The summed E-state index contributed by atoms with van der Waals surface area (Å²) < 4.78 is 21.5. The smallest absolute Gasteiger partial charge is 0.261 e. The summed E-state index contributed by atoms with van der Waals surface area (Å²) in [5.41, 5.74) is -0.733. The Morgan fingerprint density at radius 2 is 1.30 bits per heavy atom. The van der Waals surface area contributed by atoms with Crippen molar-refractivity contribution in [2.45, 2.75) is 116 Å². The molecule has 2 rings (SSSR count). The first-order valence-corrected chi connectivity index (χ1v) is 23.8. The highest BCUT2D eigenvalue weighted by Gasteiger charge is 2.51. The number of hydroxylamine groups is 2. The lowest BCUT2D eigenvalue weighted by Crippen LogP contribution is -2.67. The molecule has 0 unspecified atom stereocenters. The second-order valence-corrected chi connectivity index (χ2v) is 27.5. The summed E-state index contributed by atoms with van der Waals surface area (Å²) in [5, 5.41) is 3.64. The minimum atomic E-state index is -2.79. The molecule has 0 aliphatic heterocycles. The molecule has 0 fully saturated rings. The van der Waals surface area contributed by atoms with Gasteiger partial charge in [-0.25, -0.2) is 5.06 Å². The highest BCUT2D eigenvalue weighted by molar-refractivity contribution is 6.99. The molecular weight excluding hydrogens is 587 g/mol. The third-order valence-electron chi connectivity index (χ3n) is 8.61. The predicted octanol–water partition coefficient (Wildman–Crippen LogP) is 7.36. The molecule has 0 saturated heterocycles. The highest BCUT2D eigenvalue weighted by atomic mass is 28.4. The van der Waals surface area contributed by atoms with Gasteiger partial charge in [0, 0.05) is 13.5 Å². The van der Waals surface area contributed by atoms with Crippen LogP contribution in [0.15, 0.2) is 60.7 Å². The van der Waals surface area contributed by atoms with Crippen LogP contribution in [0.2, 0.25) is 42.8 Å². The van der Waals surface area contributed by atoms with Gasteiger partial charge in [0.05, 0.1) is 31.8 Å². The van der Waals surface area contributed by atoms with Crippen molar-refractivity contribution in [1.82, 2.24) is 5.06 Å². The van der Waals surface area contributed by atoms with Crippen molar-refractivity contribution in [3.8, 4) is 0 Å². The second kappa shape index (κ2) is 15.6. The maximum Gasteiger partial charge on any atom is 0.261 e. The van der Waals surface area contributed by atoms with Crippen molar-refractivity contribution in [1.29, 1.82) is 0 Å². The molecule has 0 N–H and O–H groups in total. The standard InChI is InChI=1S/C34H59NO5Si3/c1-13-42(14-2,15-3)39-29(26-34(7,40-41(10,11)12)27-32(36)35(8)37-9)28-38-43(33(4,5)6,30-22-18-16-19-23-30)31-24-20-17-21-25-31/h16-25,29H,13-15,26-28H2,1-12H3/t29-,34+/m0/s1. The lowest BCUT2D eigenvalue weighted by Gasteiger charge is -2.45. The third-order valence-corrected chi connectivity index (χ3v) is 19.4. The van der Waals surface area contributed by atoms with Gasteiger partial charge in [-0.1, -0.05) is 102 Å². The summed E-state index contributed by atoms with van der Waals surface area (Å²) in [6.45, 7) is 22.7. The lowest BCUT2D eigenvalue weighted by molar-refractivity contribution is -0.173. The van der Waals surface area contributed by atoms with Crippen LogP contribution in [0.25, 0.3) is 0 Å². The van der Waals surface area contributed by atoms with Crippen molar-refractivity contribution in [3.05, 3.63) is 60.7 Å². The largest absolute Gasteiger partial charge is 0.412 e. The highest BCUT2D eigenvalue weighted by Crippen LogP contribution is 2.38. The van der Waals surface area contributed by atoms with Crippen LogP contribution < -0.4 is 10.4 Å². The zero-order chi connectivity index (χ0) is 32.5. The van der Waals surface area contributed by atoms with Gasteiger partial charge in [-0.05, 0) is 60.1 Å². The maximum absolute atomic E-state index is 13.2. The van der Waals surface area contributed by atoms with Gasteiger partial charge in [0.2, 0.25) is 5.91 Å². The molecule has 9 heteroatoms. The van der Waals surface area contributed by atoms with Crippen LogP contribution in [0.5, 0.6) is 0 Å². The number of amides is 1. The summed E-state index contributed by atoms with van der Waals surface area (Å²) in [5.74, 6) is -0.111. The van der Waals surface area contributed by atoms with Crippen molar-refractivity contribution < 1.29 is 22.9 Å². The molecule has 2 aromatic carbocycles. The Hall–Kier alpha value is -1.60. The topological polar surface area (TPSA) is 57.2 Å². The van der Waals surface area contributed by atoms with Crippen LogP contribution in [0.4, 0.5) is 0 Å². The van der Waals surface area contributed by atoms with Gasteiger partial charge >= 0.3 is 0 Å². The van der Waals surface area contributed by atoms with E-state index in [0.29, 0.717) is 13.0 Å². The molecule has 1 amide bonds. The molecule has 0 aromatic heterocycles. The molecule has 0 aliphatic rings. The molecule has 0 bridgehead atoms. The number of nitrogens with zero attached hydrogens (tertiary/aromatic N) is 1. The Morgan fingerprint density at radius 3 is 1.67 bits per heavy atom. The summed E-state index contributed by atoms with van der Waals surface area (Å²) >= 11 is 0. The average Bonchev–Trinajstić information content (AvgIpc) is 2.95. The van der Waals surface area contributed by atoms with Crippen LogP contribution in [-0.2, 0) is 22.9 Å². The van der Waals surface area contributed by atoms with Gasteiger partial charge in [-0.15, -0.1) is 0 Å². The molecule has 0 radical (unpaired) electrons.